The Balaban J connectivity index is 1.76. The fourth-order valence-corrected chi connectivity index (χ4v) is 3.65. The van der Waals surface area contributed by atoms with Crippen LogP contribution in [-0.2, 0) is 4.74 Å². The van der Waals surface area contributed by atoms with E-state index in [2.05, 4.69) is 35.3 Å². The van der Waals surface area contributed by atoms with E-state index in [0.29, 0.717) is 18.2 Å². The molecule has 0 aliphatic carbocycles. The van der Waals surface area contributed by atoms with Crippen molar-refractivity contribution in [2.75, 3.05) is 33.4 Å². The first-order chi connectivity index (χ1) is 10.3. The summed E-state index contributed by atoms with van der Waals surface area (Å²) in [6, 6.07) is 9.08. The third-order valence-corrected chi connectivity index (χ3v) is 4.64. The molecule has 3 atom stereocenters. The predicted octanol–water partition coefficient (Wildman–Crippen LogP) is 2.21. The van der Waals surface area contributed by atoms with Crippen molar-refractivity contribution in [2.24, 2.45) is 0 Å². The molecule has 1 aromatic carbocycles. The van der Waals surface area contributed by atoms with Crippen LogP contribution in [0.3, 0.4) is 0 Å². The Morgan fingerprint density at radius 3 is 3.05 bits per heavy atom. The fourth-order valence-electron chi connectivity index (χ4n) is 3.65. The van der Waals surface area contributed by atoms with Gasteiger partial charge >= 0.3 is 0 Å². The summed E-state index contributed by atoms with van der Waals surface area (Å²) in [6.07, 6.45) is 2.76. The summed E-state index contributed by atoms with van der Waals surface area (Å²) in [4.78, 5) is 2.54. The molecule has 2 aliphatic rings. The number of likely N-dealkylation sites (N-methyl/N-ethyl adjacent to an activating group) is 1. The highest BCUT2D eigenvalue weighted by Gasteiger charge is 2.36. The number of likely N-dealkylation sites (tertiary alicyclic amines) is 1. The van der Waals surface area contributed by atoms with Crippen LogP contribution in [0.5, 0.6) is 5.75 Å². The van der Waals surface area contributed by atoms with Gasteiger partial charge in [0.25, 0.3) is 0 Å². The average molecular weight is 290 g/mol. The number of piperidine rings is 1. The monoisotopic (exact) mass is 290 g/mol. The van der Waals surface area contributed by atoms with Crippen molar-refractivity contribution in [3.8, 4) is 5.75 Å². The molecular formula is C17H26N2O2. The first kappa shape index (κ1) is 14.8. The quantitative estimate of drug-likeness (QED) is 0.922. The second-order valence-corrected chi connectivity index (χ2v) is 5.90. The highest BCUT2D eigenvalue weighted by atomic mass is 16.5. The van der Waals surface area contributed by atoms with Crippen LogP contribution in [0, 0.1) is 0 Å². The Bertz CT molecular complexity index is 464. The third kappa shape index (κ3) is 3.07. The van der Waals surface area contributed by atoms with E-state index in [1.165, 1.54) is 18.4 Å². The van der Waals surface area contributed by atoms with Crippen molar-refractivity contribution in [3.63, 3.8) is 0 Å². The molecule has 1 aromatic rings. The molecule has 2 heterocycles. The molecule has 1 N–H and O–H groups in total. The highest BCUT2D eigenvalue weighted by Crippen LogP contribution is 2.34. The third-order valence-electron chi connectivity index (χ3n) is 4.64. The van der Waals surface area contributed by atoms with Gasteiger partial charge in [0.1, 0.15) is 12.4 Å². The SMILES string of the molecule is CCOC1CCCN(C2COc3ccccc3C2NC)C1. The Labute approximate surface area is 127 Å². The summed E-state index contributed by atoms with van der Waals surface area (Å²) in [5.41, 5.74) is 1.27. The number of hydrogen-bond donors (Lipinski definition) is 1. The number of fused-ring (bicyclic) bond motifs is 1. The van der Waals surface area contributed by atoms with Crippen molar-refractivity contribution in [3.05, 3.63) is 29.8 Å². The van der Waals surface area contributed by atoms with Gasteiger partial charge in [0.15, 0.2) is 0 Å². The molecule has 1 fully saturated rings. The molecule has 116 valence electrons. The van der Waals surface area contributed by atoms with E-state index in [4.69, 9.17) is 9.47 Å². The standard InChI is InChI=1S/C17H26N2O2/c1-3-20-13-7-6-10-19(11-13)15-12-21-16-9-5-4-8-14(16)17(15)18-2/h4-5,8-9,13,15,17-18H,3,6-7,10-12H2,1-2H3. The van der Waals surface area contributed by atoms with E-state index in [-0.39, 0.29) is 0 Å². The number of ether oxygens (including phenoxy) is 2. The first-order valence-corrected chi connectivity index (χ1v) is 8.08. The molecule has 0 amide bonds. The molecule has 21 heavy (non-hydrogen) atoms. The lowest BCUT2D eigenvalue weighted by atomic mass is 9.93. The molecule has 4 nitrogen and oxygen atoms in total. The molecule has 1 saturated heterocycles. The number of para-hydroxylation sites is 1. The molecule has 3 unspecified atom stereocenters. The number of rotatable bonds is 4. The second kappa shape index (κ2) is 6.77. The maximum atomic E-state index is 5.99. The summed E-state index contributed by atoms with van der Waals surface area (Å²) < 4.78 is 11.8. The molecule has 3 rings (SSSR count). The van der Waals surface area contributed by atoms with Gasteiger partial charge in [0.2, 0.25) is 0 Å². The van der Waals surface area contributed by atoms with Crippen LogP contribution in [0.1, 0.15) is 31.4 Å². The van der Waals surface area contributed by atoms with Gasteiger partial charge in [-0.3, -0.25) is 4.90 Å². The summed E-state index contributed by atoms with van der Waals surface area (Å²) in [6.45, 7) is 5.79. The Kier molecular flexibility index (Phi) is 4.78. The number of hydrogen-bond acceptors (Lipinski definition) is 4. The molecule has 0 aromatic heterocycles. The molecule has 0 bridgehead atoms. The van der Waals surface area contributed by atoms with Crippen LogP contribution >= 0.6 is 0 Å². The molecule has 0 spiro atoms. The minimum Gasteiger partial charge on any atom is -0.492 e. The van der Waals surface area contributed by atoms with Crippen molar-refractivity contribution in [1.29, 1.82) is 0 Å². The second-order valence-electron chi connectivity index (χ2n) is 5.90. The van der Waals surface area contributed by atoms with Crippen LogP contribution in [-0.4, -0.2) is 50.4 Å². The van der Waals surface area contributed by atoms with Crippen molar-refractivity contribution in [1.82, 2.24) is 10.2 Å². The van der Waals surface area contributed by atoms with Crippen LogP contribution in [0.25, 0.3) is 0 Å². The number of nitrogens with zero attached hydrogens (tertiary/aromatic N) is 1. The Morgan fingerprint density at radius 1 is 1.38 bits per heavy atom. The lowest BCUT2D eigenvalue weighted by molar-refractivity contribution is -0.0237. The minimum absolute atomic E-state index is 0.329. The number of benzene rings is 1. The lowest BCUT2D eigenvalue weighted by Crippen LogP contribution is -2.54. The van der Waals surface area contributed by atoms with Crippen LogP contribution in [0.2, 0.25) is 0 Å². The van der Waals surface area contributed by atoms with E-state index in [1.54, 1.807) is 0 Å². The fraction of sp³-hybridized carbons (Fsp3) is 0.647. The van der Waals surface area contributed by atoms with Gasteiger partial charge in [-0.2, -0.15) is 0 Å². The summed E-state index contributed by atoms with van der Waals surface area (Å²) in [5, 5.41) is 3.49. The summed E-state index contributed by atoms with van der Waals surface area (Å²) in [5.74, 6) is 1.02. The van der Waals surface area contributed by atoms with Gasteiger partial charge < -0.3 is 14.8 Å². The Hall–Kier alpha value is -1.10. The molecule has 0 radical (unpaired) electrons. The van der Waals surface area contributed by atoms with E-state index in [0.717, 1.165) is 32.1 Å². The van der Waals surface area contributed by atoms with Crippen molar-refractivity contribution in [2.45, 2.75) is 38.0 Å². The van der Waals surface area contributed by atoms with Gasteiger partial charge in [-0.05, 0) is 39.4 Å². The highest BCUT2D eigenvalue weighted by molar-refractivity contribution is 5.38. The summed E-state index contributed by atoms with van der Waals surface area (Å²) >= 11 is 0. The van der Waals surface area contributed by atoms with E-state index < -0.39 is 0 Å². The zero-order valence-corrected chi connectivity index (χ0v) is 13.0. The maximum absolute atomic E-state index is 5.99. The normalized spacial score (nSPS) is 29.7. The summed E-state index contributed by atoms with van der Waals surface area (Å²) in [7, 11) is 2.05. The van der Waals surface area contributed by atoms with Crippen LogP contribution in [0.4, 0.5) is 0 Å². The molecular weight excluding hydrogens is 264 g/mol. The zero-order chi connectivity index (χ0) is 14.7. The van der Waals surface area contributed by atoms with Gasteiger partial charge in [-0.25, -0.2) is 0 Å². The van der Waals surface area contributed by atoms with E-state index in [9.17, 15) is 0 Å². The zero-order valence-electron chi connectivity index (χ0n) is 13.0. The van der Waals surface area contributed by atoms with Gasteiger partial charge in [0, 0.05) is 18.7 Å². The van der Waals surface area contributed by atoms with Crippen LogP contribution < -0.4 is 10.1 Å². The van der Waals surface area contributed by atoms with Gasteiger partial charge in [-0.1, -0.05) is 18.2 Å². The topological polar surface area (TPSA) is 33.7 Å². The van der Waals surface area contributed by atoms with Crippen LogP contribution in [0.15, 0.2) is 24.3 Å². The molecule has 2 aliphatic heterocycles. The van der Waals surface area contributed by atoms with Gasteiger partial charge in [-0.15, -0.1) is 0 Å². The van der Waals surface area contributed by atoms with E-state index in [1.807, 2.05) is 13.1 Å². The predicted molar refractivity (Wildman–Crippen MR) is 83.7 cm³/mol. The minimum atomic E-state index is 0.329. The average Bonchev–Trinajstić information content (AvgIpc) is 2.54. The van der Waals surface area contributed by atoms with Crippen molar-refractivity contribution >= 4 is 0 Å². The maximum Gasteiger partial charge on any atom is 0.124 e. The van der Waals surface area contributed by atoms with E-state index >= 15 is 0 Å². The molecule has 0 saturated carbocycles. The smallest absolute Gasteiger partial charge is 0.124 e. The van der Waals surface area contributed by atoms with Crippen molar-refractivity contribution < 1.29 is 9.47 Å². The molecule has 4 heteroatoms. The van der Waals surface area contributed by atoms with Gasteiger partial charge in [0.05, 0.1) is 18.2 Å². The lowest BCUT2D eigenvalue weighted by Gasteiger charge is -2.43. The first-order valence-electron chi connectivity index (χ1n) is 8.08. The largest absolute Gasteiger partial charge is 0.492 e. The Morgan fingerprint density at radius 2 is 2.24 bits per heavy atom. The number of nitrogens with one attached hydrogen (secondary N) is 1.